The monoisotopic (exact) mass is 210 g/mol. The second-order valence-corrected chi connectivity index (χ2v) is 3.46. The molecule has 0 bridgehead atoms. The molecule has 1 rings (SSSR count). The van der Waals surface area contributed by atoms with E-state index in [0.717, 1.165) is 19.4 Å². The number of carbonyl (C=O) groups is 1. The number of aromatic nitrogens is 2. The Kier molecular flexibility index (Phi) is 5.04. The van der Waals surface area contributed by atoms with Gasteiger partial charge >= 0.3 is 0 Å². The number of hydrogen-bond donors (Lipinski definition) is 0. The van der Waals surface area contributed by atoms with Gasteiger partial charge in [0.2, 0.25) is 0 Å². The molecule has 0 aliphatic heterocycles. The lowest BCUT2D eigenvalue weighted by Gasteiger charge is -2.04. The van der Waals surface area contributed by atoms with Gasteiger partial charge in [0.05, 0.1) is 0 Å². The van der Waals surface area contributed by atoms with E-state index in [0.29, 0.717) is 18.7 Å². The smallest absolute Gasteiger partial charge is 0.180 e. The highest BCUT2D eigenvalue weighted by Gasteiger charge is 2.10. The maximum absolute atomic E-state index is 11.8. The summed E-state index contributed by atoms with van der Waals surface area (Å²) in [5, 5.41) is 4.12. The second-order valence-electron chi connectivity index (χ2n) is 3.46. The molecule has 84 valence electrons. The van der Waals surface area contributed by atoms with Crippen LogP contribution in [0, 0.1) is 0 Å². The summed E-state index contributed by atoms with van der Waals surface area (Å²) in [5.41, 5.74) is 0.716. The van der Waals surface area contributed by atoms with E-state index in [1.54, 1.807) is 24.1 Å². The van der Waals surface area contributed by atoms with E-state index in [1.165, 1.54) is 0 Å². The van der Waals surface area contributed by atoms with E-state index in [9.17, 15) is 4.79 Å². The van der Waals surface area contributed by atoms with Gasteiger partial charge in [-0.3, -0.25) is 9.48 Å². The Balaban J connectivity index is 2.53. The van der Waals surface area contributed by atoms with Crippen LogP contribution in [-0.2, 0) is 11.3 Å². The molecule has 0 saturated heterocycles. The zero-order chi connectivity index (χ0) is 11.1. The molecule has 4 nitrogen and oxygen atoms in total. The Morgan fingerprint density at radius 3 is 3.07 bits per heavy atom. The normalized spacial score (nSPS) is 10.5. The summed E-state index contributed by atoms with van der Waals surface area (Å²) in [6.07, 6.45) is 3.97. The van der Waals surface area contributed by atoms with Crippen molar-refractivity contribution in [2.45, 2.75) is 32.7 Å². The highest BCUT2D eigenvalue weighted by molar-refractivity contribution is 5.94. The molecule has 0 atom stereocenters. The van der Waals surface area contributed by atoms with E-state index >= 15 is 0 Å². The molecule has 1 aromatic heterocycles. The first-order valence-corrected chi connectivity index (χ1v) is 5.33. The van der Waals surface area contributed by atoms with Gasteiger partial charge < -0.3 is 4.74 Å². The third kappa shape index (κ3) is 3.47. The summed E-state index contributed by atoms with van der Waals surface area (Å²) in [5.74, 6) is 0.151. The van der Waals surface area contributed by atoms with Crippen molar-refractivity contribution in [2.24, 2.45) is 0 Å². The van der Waals surface area contributed by atoms with Crippen molar-refractivity contribution in [3.8, 4) is 0 Å². The first kappa shape index (κ1) is 11.9. The lowest BCUT2D eigenvalue weighted by molar-refractivity contribution is 0.0952. The number of aryl methyl sites for hydroxylation is 1. The molecule has 0 aromatic carbocycles. The number of Topliss-reactive ketones (excluding diaryl/α,β-unsaturated/α-hetero) is 1. The largest absolute Gasteiger partial charge is 0.385 e. The van der Waals surface area contributed by atoms with Gasteiger partial charge in [-0.05, 0) is 18.9 Å². The molecule has 0 amide bonds. The van der Waals surface area contributed by atoms with Gasteiger partial charge in [0.25, 0.3) is 0 Å². The van der Waals surface area contributed by atoms with Gasteiger partial charge in [0.1, 0.15) is 5.69 Å². The zero-order valence-corrected chi connectivity index (χ0v) is 9.40. The summed E-state index contributed by atoms with van der Waals surface area (Å²) in [6, 6.07) is 1.78. The predicted molar refractivity (Wildman–Crippen MR) is 58.0 cm³/mol. The minimum Gasteiger partial charge on any atom is -0.385 e. The standard InChI is InChI=1S/C11H18N2O2/c1-3-8-13-10(6-7-12-13)11(14)5-4-9-15-2/h6-7H,3-5,8-9H2,1-2H3. The molecule has 0 fully saturated rings. The van der Waals surface area contributed by atoms with Crippen LogP contribution >= 0.6 is 0 Å². The van der Waals surface area contributed by atoms with E-state index < -0.39 is 0 Å². The van der Waals surface area contributed by atoms with Crippen LogP contribution in [0.4, 0.5) is 0 Å². The fourth-order valence-corrected chi connectivity index (χ4v) is 1.46. The van der Waals surface area contributed by atoms with Crippen LogP contribution in [0.3, 0.4) is 0 Å². The molecule has 0 aliphatic carbocycles. The SMILES string of the molecule is CCCn1nccc1C(=O)CCCOC. The molecule has 0 unspecified atom stereocenters. The van der Waals surface area contributed by atoms with Crippen molar-refractivity contribution >= 4 is 5.78 Å². The fraction of sp³-hybridized carbons (Fsp3) is 0.636. The van der Waals surface area contributed by atoms with Crippen LogP contribution < -0.4 is 0 Å². The van der Waals surface area contributed by atoms with Crippen molar-refractivity contribution in [3.05, 3.63) is 18.0 Å². The van der Waals surface area contributed by atoms with Gasteiger partial charge in [0, 0.05) is 32.9 Å². The summed E-state index contributed by atoms with van der Waals surface area (Å²) >= 11 is 0. The lowest BCUT2D eigenvalue weighted by atomic mass is 10.2. The Bertz CT molecular complexity index is 307. The number of hydrogen-bond acceptors (Lipinski definition) is 3. The van der Waals surface area contributed by atoms with Crippen molar-refractivity contribution in [2.75, 3.05) is 13.7 Å². The topological polar surface area (TPSA) is 44.1 Å². The Morgan fingerprint density at radius 1 is 1.60 bits per heavy atom. The molecule has 0 saturated carbocycles. The number of nitrogens with zero attached hydrogens (tertiary/aromatic N) is 2. The van der Waals surface area contributed by atoms with Gasteiger partial charge in [-0.15, -0.1) is 0 Å². The number of ether oxygens (including phenoxy) is 1. The predicted octanol–water partition coefficient (Wildman–Crippen LogP) is 1.90. The van der Waals surface area contributed by atoms with Crippen LogP contribution in [-0.4, -0.2) is 29.3 Å². The molecule has 0 spiro atoms. The Labute approximate surface area is 90.2 Å². The van der Waals surface area contributed by atoms with E-state index in [4.69, 9.17) is 4.74 Å². The number of carbonyl (C=O) groups excluding carboxylic acids is 1. The third-order valence-electron chi connectivity index (χ3n) is 2.19. The summed E-state index contributed by atoms with van der Waals surface area (Å²) in [4.78, 5) is 11.8. The molecule has 1 aromatic rings. The Morgan fingerprint density at radius 2 is 2.40 bits per heavy atom. The lowest BCUT2D eigenvalue weighted by Crippen LogP contribution is -2.11. The molecule has 15 heavy (non-hydrogen) atoms. The van der Waals surface area contributed by atoms with Gasteiger partial charge in [-0.1, -0.05) is 6.92 Å². The van der Waals surface area contributed by atoms with Crippen LogP contribution in [0.2, 0.25) is 0 Å². The number of ketones is 1. The molecule has 0 radical (unpaired) electrons. The van der Waals surface area contributed by atoms with E-state index in [1.807, 2.05) is 0 Å². The number of rotatable bonds is 7. The van der Waals surface area contributed by atoms with Crippen LogP contribution in [0.5, 0.6) is 0 Å². The van der Waals surface area contributed by atoms with Crippen molar-refractivity contribution in [1.29, 1.82) is 0 Å². The molecule has 0 N–H and O–H groups in total. The highest BCUT2D eigenvalue weighted by Crippen LogP contribution is 2.06. The molecular weight excluding hydrogens is 192 g/mol. The van der Waals surface area contributed by atoms with Crippen LogP contribution in [0.15, 0.2) is 12.3 Å². The zero-order valence-electron chi connectivity index (χ0n) is 9.40. The van der Waals surface area contributed by atoms with Gasteiger partial charge in [-0.2, -0.15) is 5.10 Å². The van der Waals surface area contributed by atoms with Crippen molar-refractivity contribution in [3.63, 3.8) is 0 Å². The number of methoxy groups -OCH3 is 1. The highest BCUT2D eigenvalue weighted by atomic mass is 16.5. The first-order valence-electron chi connectivity index (χ1n) is 5.33. The van der Waals surface area contributed by atoms with Crippen LogP contribution in [0.25, 0.3) is 0 Å². The maximum atomic E-state index is 11.8. The quantitative estimate of drug-likeness (QED) is 0.510. The molecule has 0 aliphatic rings. The summed E-state index contributed by atoms with van der Waals surface area (Å²) in [6.45, 7) is 3.51. The average Bonchev–Trinajstić information content (AvgIpc) is 2.67. The minimum atomic E-state index is 0.151. The maximum Gasteiger partial charge on any atom is 0.180 e. The van der Waals surface area contributed by atoms with E-state index in [2.05, 4.69) is 12.0 Å². The van der Waals surface area contributed by atoms with E-state index in [-0.39, 0.29) is 5.78 Å². The second kappa shape index (κ2) is 6.35. The van der Waals surface area contributed by atoms with Crippen molar-refractivity contribution < 1.29 is 9.53 Å². The summed E-state index contributed by atoms with van der Waals surface area (Å²) in [7, 11) is 1.64. The summed E-state index contributed by atoms with van der Waals surface area (Å²) < 4.78 is 6.69. The third-order valence-corrected chi connectivity index (χ3v) is 2.19. The van der Waals surface area contributed by atoms with Gasteiger partial charge in [-0.25, -0.2) is 0 Å². The first-order chi connectivity index (χ1) is 7.29. The Hall–Kier alpha value is -1.16. The average molecular weight is 210 g/mol. The molecular formula is C11H18N2O2. The molecule has 4 heteroatoms. The van der Waals surface area contributed by atoms with Crippen molar-refractivity contribution in [1.82, 2.24) is 9.78 Å². The minimum absolute atomic E-state index is 0.151. The van der Waals surface area contributed by atoms with Crippen LogP contribution in [0.1, 0.15) is 36.7 Å². The fourth-order valence-electron chi connectivity index (χ4n) is 1.46. The van der Waals surface area contributed by atoms with Gasteiger partial charge in [0.15, 0.2) is 5.78 Å². The molecule has 1 heterocycles.